The Balaban J connectivity index is 1.69. The first kappa shape index (κ1) is 13.3. The summed E-state index contributed by atoms with van der Waals surface area (Å²) in [4.78, 5) is 9.10. The molecule has 1 aromatic heterocycles. The second-order valence-electron chi connectivity index (χ2n) is 6.51. The van der Waals surface area contributed by atoms with Crippen LogP contribution < -0.4 is 5.32 Å². The second-order valence-corrected chi connectivity index (χ2v) is 6.51. The van der Waals surface area contributed by atoms with Gasteiger partial charge in [-0.1, -0.05) is 24.3 Å². The van der Waals surface area contributed by atoms with Gasteiger partial charge in [0.2, 0.25) is 0 Å². The molecule has 1 aliphatic rings. The van der Waals surface area contributed by atoms with Crippen molar-refractivity contribution in [3.05, 3.63) is 59.2 Å². The minimum Gasteiger partial charge on any atom is -0.308 e. The molecule has 1 unspecified atom stereocenters. The Bertz CT molecular complexity index is 596. The SMILES string of the molecule is CC(C)(C)NCc1cnc(C2Cc3ccccc32)nc1. The largest absolute Gasteiger partial charge is 0.308 e. The summed E-state index contributed by atoms with van der Waals surface area (Å²) >= 11 is 0. The van der Waals surface area contributed by atoms with E-state index in [4.69, 9.17) is 0 Å². The van der Waals surface area contributed by atoms with Crippen molar-refractivity contribution in [2.45, 2.75) is 45.2 Å². The van der Waals surface area contributed by atoms with E-state index in [9.17, 15) is 0 Å². The molecule has 0 saturated carbocycles. The average Bonchev–Trinajstić information content (AvgIpc) is 2.38. The number of aromatic nitrogens is 2. The maximum Gasteiger partial charge on any atom is 0.136 e. The molecular weight excluding hydrogens is 246 g/mol. The van der Waals surface area contributed by atoms with Crippen LogP contribution >= 0.6 is 0 Å². The van der Waals surface area contributed by atoms with Crippen molar-refractivity contribution >= 4 is 0 Å². The first-order valence-electron chi connectivity index (χ1n) is 7.16. The van der Waals surface area contributed by atoms with Gasteiger partial charge >= 0.3 is 0 Å². The van der Waals surface area contributed by atoms with Crippen LogP contribution in [0.3, 0.4) is 0 Å². The lowest BCUT2D eigenvalue weighted by Crippen LogP contribution is -2.35. The molecule has 3 nitrogen and oxygen atoms in total. The maximum absolute atomic E-state index is 4.55. The molecule has 0 fully saturated rings. The molecular formula is C17H21N3. The minimum absolute atomic E-state index is 0.117. The Morgan fingerprint density at radius 3 is 2.50 bits per heavy atom. The summed E-state index contributed by atoms with van der Waals surface area (Å²) in [5, 5.41) is 3.45. The van der Waals surface area contributed by atoms with Crippen molar-refractivity contribution in [3.8, 4) is 0 Å². The zero-order chi connectivity index (χ0) is 14.2. The highest BCUT2D eigenvalue weighted by molar-refractivity contribution is 5.43. The van der Waals surface area contributed by atoms with Crippen molar-refractivity contribution in [1.29, 1.82) is 0 Å². The van der Waals surface area contributed by atoms with Crippen LogP contribution in [0.1, 0.15) is 49.2 Å². The zero-order valence-corrected chi connectivity index (χ0v) is 12.4. The molecule has 0 bridgehead atoms. The summed E-state index contributed by atoms with van der Waals surface area (Å²) in [5.74, 6) is 1.33. The monoisotopic (exact) mass is 267 g/mol. The van der Waals surface area contributed by atoms with Gasteiger partial charge in [-0.15, -0.1) is 0 Å². The molecule has 0 saturated heterocycles. The number of rotatable bonds is 3. The molecule has 0 amide bonds. The second kappa shape index (κ2) is 4.98. The van der Waals surface area contributed by atoms with E-state index < -0.39 is 0 Å². The molecule has 0 aliphatic heterocycles. The number of hydrogen-bond acceptors (Lipinski definition) is 3. The molecule has 1 aliphatic carbocycles. The van der Waals surface area contributed by atoms with Crippen molar-refractivity contribution < 1.29 is 0 Å². The third-order valence-corrected chi connectivity index (χ3v) is 3.71. The molecule has 1 atom stereocenters. The highest BCUT2D eigenvalue weighted by Crippen LogP contribution is 2.37. The summed E-state index contributed by atoms with van der Waals surface area (Å²) in [6.07, 6.45) is 4.96. The summed E-state index contributed by atoms with van der Waals surface area (Å²) in [6, 6.07) is 8.55. The number of benzene rings is 1. The molecule has 1 aromatic carbocycles. The normalized spacial score (nSPS) is 17.4. The average molecular weight is 267 g/mol. The summed E-state index contributed by atoms with van der Waals surface area (Å²) < 4.78 is 0. The third-order valence-electron chi connectivity index (χ3n) is 3.71. The van der Waals surface area contributed by atoms with Crippen molar-refractivity contribution in [2.24, 2.45) is 0 Å². The zero-order valence-electron chi connectivity index (χ0n) is 12.4. The highest BCUT2D eigenvalue weighted by atomic mass is 15.0. The van der Waals surface area contributed by atoms with Gasteiger partial charge in [0, 0.05) is 36.0 Å². The third kappa shape index (κ3) is 2.73. The van der Waals surface area contributed by atoms with Crippen LogP contribution in [0.2, 0.25) is 0 Å². The van der Waals surface area contributed by atoms with Gasteiger partial charge in [0.1, 0.15) is 5.82 Å². The fourth-order valence-electron chi connectivity index (χ4n) is 2.49. The Kier molecular flexibility index (Phi) is 3.30. The van der Waals surface area contributed by atoms with Crippen LogP contribution in [0.4, 0.5) is 0 Å². The van der Waals surface area contributed by atoms with Crippen LogP contribution in [0.5, 0.6) is 0 Å². The van der Waals surface area contributed by atoms with E-state index in [0.29, 0.717) is 5.92 Å². The van der Waals surface area contributed by atoms with Gasteiger partial charge in [0.25, 0.3) is 0 Å². The Hall–Kier alpha value is -1.74. The van der Waals surface area contributed by atoms with E-state index in [1.54, 1.807) is 0 Å². The lowest BCUT2D eigenvalue weighted by Gasteiger charge is -2.28. The Morgan fingerprint density at radius 2 is 1.85 bits per heavy atom. The molecule has 0 spiro atoms. The van der Waals surface area contributed by atoms with Crippen LogP contribution in [0, 0.1) is 0 Å². The van der Waals surface area contributed by atoms with Crippen molar-refractivity contribution in [1.82, 2.24) is 15.3 Å². The van der Waals surface area contributed by atoms with Gasteiger partial charge in [-0.2, -0.15) is 0 Å². The molecule has 2 aromatic rings. The molecule has 1 heterocycles. The smallest absolute Gasteiger partial charge is 0.136 e. The van der Waals surface area contributed by atoms with Gasteiger partial charge in [-0.25, -0.2) is 9.97 Å². The Labute approximate surface area is 120 Å². The van der Waals surface area contributed by atoms with Crippen LogP contribution in [0.15, 0.2) is 36.7 Å². The summed E-state index contributed by atoms with van der Waals surface area (Å²) in [6.45, 7) is 7.29. The Morgan fingerprint density at radius 1 is 1.15 bits per heavy atom. The fraction of sp³-hybridized carbons (Fsp3) is 0.412. The molecule has 3 rings (SSSR count). The molecule has 20 heavy (non-hydrogen) atoms. The lowest BCUT2D eigenvalue weighted by molar-refractivity contribution is 0.423. The number of nitrogens with one attached hydrogen (secondary N) is 1. The van der Waals surface area contributed by atoms with E-state index in [1.165, 1.54) is 11.1 Å². The van der Waals surface area contributed by atoms with E-state index in [-0.39, 0.29) is 5.54 Å². The standard InChI is InChI=1S/C17H21N3/c1-17(2,3)20-11-12-9-18-16(19-10-12)15-8-13-6-4-5-7-14(13)15/h4-7,9-10,15,20H,8,11H2,1-3H3. The van der Waals surface area contributed by atoms with Crippen LogP contribution in [0.25, 0.3) is 0 Å². The van der Waals surface area contributed by atoms with Gasteiger partial charge in [0.15, 0.2) is 0 Å². The van der Waals surface area contributed by atoms with Crippen LogP contribution in [-0.4, -0.2) is 15.5 Å². The van der Waals surface area contributed by atoms with Gasteiger partial charge in [-0.3, -0.25) is 0 Å². The summed E-state index contributed by atoms with van der Waals surface area (Å²) in [7, 11) is 0. The predicted molar refractivity (Wildman–Crippen MR) is 80.6 cm³/mol. The van der Waals surface area contributed by atoms with Gasteiger partial charge < -0.3 is 5.32 Å². The molecule has 104 valence electrons. The highest BCUT2D eigenvalue weighted by Gasteiger charge is 2.28. The molecule has 0 radical (unpaired) electrons. The number of nitrogens with zero attached hydrogens (tertiary/aromatic N) is 2. The van der Waals surface area contributed by atoms with Gasteiger partial charge in [-0.05, 0) is 38.3 Å². The van der Waals surface area contributed by atoms with E-state index >= 15 is 0 Å². The number of hydrogen-bond donors (Lipinski definition) is 1. The minimum atomic E-state index is 0.117. The fourth-order valence-corrected chi connectivity index (χ4v) is 2.49. The molecule has 1 N–H and O–H groups in total. The van der Waals surface area contributed by atoms with E-state index in [2.05, 4.69) is 60.3 Å². The van der Waals surface area contributed by atoms with E-state index in [0.717, 1.165) is 24.4 Å². The van der Waals surface area contributed by atoms with E-state index in [1.807, 2.05) is 12.4 Å². The first-order valence-corrected chi connectivity index (χ1v) is 7.16. The molecule has 3 heteroatoms. The van der Waals surface area contributed by atoms with Crippen LogP contribution in [-0.2, 0) is 13.0 Å². The van der Waals surface area contributed by atoms with Crippen molar-refractivity contribution in [2.75, 3.05) is 0 Å². The number of fused-ring (bicyclic) bond motifs is 1. The first-order chi connectivity index (χ1) is 9.53. The van der Waals surface area contributed by atoms with Gasteiger partial charge in [0.05, 0.1) is 0 Å². The lowest BCUT2D eigenvalue weighted by atomic mass is 9.77. The maximum atomic E-state index is 4.55. The van der Waals surface area contributed by atoms with Crippen molar-refractivity contribution in [3.63, 3.8) is 0 Å². The summed E-state index contributed by atoms with van der Waals surface area (Å²) in [5.41, 5.74) is 4.06. The quantitative estimate of drug-likeness (QED) is 0.928. The predicted octanol–water partition coefficient (Wildman–Crippen LogP) is 3.05. The topological polar surface area (TPSA) is 37.8 Å².